The van der Waals surface area contributed by atoms with E-state index in [1.54, 1.807) is 0 Å². The Morgan fingerprint density at radius 1 is 1.38 bits per heavy atom. The van der Waals surface area contributed by atoms with Crippen LogP contribution in [0.15, 0.2) is 30.6 Å². The van der Waals surface area contributed by atoms with Crippen LogP contribution in [0.2, 0.25) is 0 Å². The van der Waals surface area contributed by atoms with Gasteiger partial charge in [0.2, 0.25) is 0 Å². The van der Waals surface area contributed by atoms with E-state index < -0.39 is 0 Å². The molecule has 0 aromatic carbocycles. The van der Waals surface area contributed by atoms with Crippen LogP contribution in [0.1, 0.15) is 0 Å². The highest BCUT2D eigenvalue weighted by molar-refractivity contribution is 14.1. The van der Waals surface area contributed by atoms with Crippen LogP contribution < -0.4 is 5.32 Å². The van der Waals surface area contributed by atoms with Crippen LogP contribution in [0.5, 0.6) is 0 Å². The van der Waals surface area contributed by atoms with Crippen molar-refractivity contribution in [2.24, 2.45) is 0 Å². The summed E-state index contributed by atoms with van der Waals surface area (Å²) in [5.41, 5.74) is 3.80. The van der Waals surface area contributed by atoms with Crippen molar-refractivity contribution in [3.05, 3.63) is 34.2 Å². The summed E-state index contributed by atoms with van der Waals surface area (Å²) in [7, 11) is 1.90. The third kappa shape index (κ3) is 1.42. The van der Waals surface area contributed by atoms with Crippen molar-refractivity contribution in [1.82, 2.24) is 14.4 Å². The molecule has 3 heterocycles. The first-order chi connectivity index (χ1) is 7.78. The summed E-state index contributed by atoms with van der Waals surface area (Å²) in [6, 6.07) is 6.05. The van der Waals surface area contributed by atoms with E-state index in [1.807, 2.05) is 42.0 Å². The number of hydrogen-bond donors (Lipinski definition) is 1. The predicted molar refractivity (Wildman–Crippen MR) is 72.8 cm³/mol. The monoisotopic (exact) mass is 322 g/mol. The molecule has 1 N–H and O–H groups in total. The molecule has 0 fully saturated rings. The Labute approximate surface area is 106 Å². The van der Waals surface area contributed by atoms with Gasteiger partial charge in [-0.05, 0) is 34.7 Å². The average molecular weight is 322 g/mol. The number of nitrogens with one attached hydrogen (secondary N) is 1. The molecule has 0 aliphatic heterocycles. The van der Waals surface area contributed by atoms with Crippen molar-refractivity contribution in [3.8, 4) is 0 Å². The number of hydrogen-bond acceptors (Lipinski definition) is 3. The molecule has 0 amide bonds. The van der Waals surface area contributed by atoms with Crippen LogP contribution in [0, 0.1) is 3.57 Å². The maximum Gasteiger partial charge on any atom is 0.164 e. The van der Waals surface area contributed by atoms with E-state index in [2.05, 4.69) is 37.9 Å². The van der Waals surface area contributed by atoms with Gasteiger partial charge in [0.25, 0.3) is 0 Å². The Kier molecular flexibility index (Phi) is 2.20. The summed E-state index contributed by atoms with van der Waals surface area (Å²) in [6.45, 7) is 0. The lowest BCUT2D eigenvalue weighted by Crippen LogP contribution is -1.91. The van der Waals surface area contributed by atoms with Crippen molar-refractivity contribution in [1.29, 1.82) is 0 Å². The number of fused-ring (bicyclic) bond motifs is 3. The number of pyridine rings is 2. The number of aromatic nitrogens is 3. The zero-order valence-electron chi connectivity index (χ0n) is 8.61. The number of rotatable bonds is 1. The molecule has 0 saturated carbocycles. The van der Waals surface area contributed by atoms with E-state index >= 15 is 0 Å². The van der Waals surface area contributed by atoms with E-state index in [9.17, 15) is 0 Å². The molecule has 0 radical (unpaired) electrons. The molecule has 0 aliphatic carbocycles. The van der Waals surface area contributed by atoms with Crippen molar-refractivity contribution < 1.29 is 0 Å². The van der Waals surface area contributed by atoms with Crippen molar-refractivity contribution in [3.63, 3.8) is 0 Å². The van der Waals surface area contributed by atoms with Crippen LogP contribution in [0.3, 0.4) is 0 Å². The molecule has 0 aliphatic rings. The third-order valence-corrected chi connectivity index (χ3v) is 3.09. The van der Waals surface area contributed by atoms with E-state index in [4.69, 9.17) is 0 Å². The van der Waals surface area contributed by atoms with Crippen LogP contribution in [-0.4, -0.2) is 21.4 Å². The molecule has 80 valence electrons. The minimum absolute atomic E-state index is 0.901. The van der Waals surface area contributed by atoms with Crippen molar-refractivity contribution in [2.75, 3.05) is 12.4 Å². The summed E-state index contributed by atoms with van der Waals surface area (Å²) in [5, 5.41) is 3.10. The molecule has 3 rings (SSSR count). The summed E-state index contributed by atoms with van der Waals surface area (Å²) < 4.78 is 3.09. The molecule has 3 aromatic heterocycles. The smallest absolute Gasteiger partial charge is 0.164 e. The second-order valence-corrected chi connectivity index (χ2v) is 4.75. The van der Waals surface area contributed by atoms with E-state index in [1.165, 1.54) is 0 Å². The van der Waals surface area contributed by atoms with Gasteiger partial charge in [-0.15, -0.1) is 0 Å². The second-order valence-electron chi connectivity index (χ2n) is 3.50. The molecular formula is C11H9IN4. The zero-order valence-corrected chi connectivity index (χ0v) is 10.8. The molecule has 3 aromatic rings. The average Bonchev–Trinajstić information content (AvgIpc) is 2.64. The highest BCUT2D eigenvalue weighted by Crippen LogP contribution is 2.18. The van der Waals surface area contributed by atoms with Gasteiger partial charge in [-0.3, -0.25) is 4.40 Å². The van der Waals surface area contributed by atoms with Gasteiger partial charge in [-0.2, -0.15) is 0 Å². The summed E-state index contributed by atoms with van der Waals surface area (Å²) in [5.74, 6) is 0. The Balaban J connectivity index is 2.40. The number of anilines is 1. The SMILES string of the molecule is CNc1ccn2c(c1)nc1cc([125I])cnc12. The van der Waals surface area contributed by atoms with Gasteiger partial charge in [0.05, 0.1) is 0 Å². The van der Waals surface area contributed by atoms with E-state index in [0.717, 1.165) is 26.1 Å². The Bertz CT molecular complexity index is 674. The number of nitrogens with zero attached hydrogens (tertiary/aromatic N) is 3. The molecule has 0 spiro atoms. The van der Waals surface area contributed by atoms with Gasteiger partial charge in [-0.1, -0.05) is 0 Å². The maximum absolute atomic E-state index is 4.54. The first kappa shape index (κ1) is 9.83. The Morgan fingerprint density at radius 3 is 3.06 bits per heavy atom. The summed E-state index contributed by atoms with van der Waals surface area (Å²) in [4.78, 5) is 8.94. The normalized spacial score (nSPS) is 11.1. The summed E-state index contributed by atoms with van der Waals surface area (Å²) >= 11 is 2.24. The van der Waals surface area contributed by atoms with Crippen molar-refractivity contribution >= 4 is 45.1 Å². The van der Waals surface area contributed by atoms with Crippen LogP contribution in [0.25, 0.3) is 16.8 Å². The largest absolute Gasteiger partial charge is 0.388 e. The maximum atomic E-state index is 4.54. The fourth-order valence-electron chi connectivity index (χ4n) is 1.72. The van der Waals surface area contributed by atoms with Gasteiger partial charge in [0, 0.05) is 34.8 Å². The number of imidazole rings is 1. The first-order valence-electron chi connectivity index (χ1n) is 4.89. The van der Waals surface area contributed by atoms with Gasteiger partial charge >= 0.3 is 0 Å². The lowest BCUT2D eigenvalue weighted by atomic mass is 10.4. The zero-order chi connectivity index (χ0) is 11.1. The molecule has 0 bridgehead atoms. The molecule has 4 nitrogen and oxygen atoms in total. The minimum Gasteiger partial charge on any atom is -0.388 e. The molecule has 0 unspecified atom stereocenters. The van der Waals surface area contributed by atoms with E-state index in [0.29, 0.717) is 0 Å². The third-order valence-electron chi connectivity index (χ3n) is 2.50. The Hall–Kier alpha value is -1.37. The summed E-state index contributed by atoms with van der Waals surface area (Å²) in [6.07, 6.45) is 3.83. The molecule has 0 saturated heterocycles. The van der Waals surface area contributed by atoms with Crippen LogP contribution in [-0.2, 0) is 0 Å². The molecule has 5 heteroatoms. The fraction of sp³-hybridized carbons (Fsp3) is 0.0909. The lowest BCUT2D eigenvalue weighted by Gasteiger charge is -1.99. The lowest BCUT2D eigenvalue weighted by molar-refractivity contribution is 1.18. The van der Waals surface area contributed by atoms with Gasteiger partial charge in [-0.25, -0.2) is 9.97 Å². The second kappa shape index (κ2) is 3.58. The quantitative estimate of drug-likeness (QED) is 0.700. The molecule has 16 heavy (non-hydrogen) atoms. The number of halogens is 1. The van der Waals surface area contributed by atoms with Crippen molar-refractivity contribution in [2.45, 2.75) is 0 Å². The topological polar surface area (TPSA) is 42.2 Å². The Morgan fingerprint density at radius 2 is 2.25 bits per heavy atom. The molecular weight excluding hydrogens is 313 g/mol. The fourth-order valence-corrected chi connectivity index (χ4v) is 2.16. The van der Waals surface area contributed by atoms with Crippen LogP contribution >= 0.6 is 22.6 Å². The van der Waals surface area contributed by atoms with E-state index in [-0.39, 0.29) is 0 Å². The van der Waals surface area contributed by atoms with Gasteiger partial charge in [0.1, 0.15) is 11.2 Å². The molecule has 0 atom stereocenters. The first-order valence-corrected chi connectivity index (χ1v) is 5.97. The minimum atomic E-state index is 0.901. The highest BCUT2D eigenvalue weighted by Gasteiger charge is 2.05. The standard InChI is InChI=1S/C11H9IN4/c1-13-8-2-3-16-10(5-8)15-9-4-7(12)6-14-11(9)16/h2-6,13H,1H3/i12-2. The van der Waals surface area contributed by atoms with Crippen LogP contribution in [0.4, 0.5) is 5.69 Å². The van der Waals surface area contributed by atoms with Gasteiger partial charge < -0.3 is 5.32 Å². The predicted octanol–water partition coefficient (Wildman–Crippen LogP) is 2.53. The highest BCUT2D eigenvalue weighted by atomic mass is 125. The van der Waals surface area contributed by atoms with Gasteiger partial charge in [0.15, 0.2) is 5.65 Å².